The number of carbonyl (C=O) groups excluding carboxylic acids is 1. The molecule has 0 radical (unpaired) electrons. The van der Waals surface area contributed by atoms with Gasteiger partial charge in [0.05, 0.1) is 23.5 Å². The summed E-state index contributed by atoms with van der Waals surface area (Å²) >= 11 is 0. The summed E-state index contributed by atoms with van der Waals surface area (Å²) in [7, 11) is -3.11. The number of rotatable bonds is 4. The van der Waals surface area contributed by atoms with Gasteiger partial charge in [-0.25, -0.2) is 18.4 Å². The number of anilines is 1. The van der Waals surface area contributed by atoms with Crippen LogP contribution in [0.25, 0.3) is 0 Å². The molecule has 0 aliphatic carbocycles. The summed E-state index contributed by atoms with van der Waals surface area (Å²) < 4.78 is 24.6. The van der Waals surface area contributed by atoms with Gasteiger partial charge in [0.1, 0.15) is 0 Å². The summed E-state index contributed by atoms with van der Waals surface area (Å²) in [6.45, 7) is 3.26. The quantitative estimate of drug-likeness (QED) is 0.775. The molecule has 0 bridgehead atoms. The zero-order valence-corrected chi connectivity index (χ0v) is 17.0. The molecule has 1 aromatic heterocycles. The number of hydrogen-bond acceptors (Lipinski definition) is 7. The van der Waals surface area contributed by atoms with Gasteiger partial charge in [-0.1, -0.05) is 6.42 Å². The molecule has 3 aliphatic heterocycles. The van der Waals surface area contributed by atoms with Crippen molar-refractivity contribution in [3.05, 3.63) is 18.5 Å². The molecule has 9 heteroatoms. The van der Waals surface area contributed by atoms with E-state index in [2.05, 4.69) is 20.2 Å². The van der Waals surface area contributed by atoms with Gasteiger partial charge < -0.3 is 10.2 Å². The van der Waals surface area contributed by atoms with Crippen LogP contribution in [0, 0.1) is 5.92 Å². The highest BCUT2D eigenvalue weighted by atomic mass is 32.2. The first kappa shape index (κ1) is 19.6. The maximum Gasteiger partial charge on any atom is 0.225 e. The fourth-order valence-electron chi connectivity index (χ4n) is 4.70. The first-order valence-electron chi connectivity index (χ1n) is 10.3. The van der Waals surface area contributed by atoms with Gasteiger partial charge in [-0.05, 0) is 44.8 Å². The van der Waals surface area contributed by atoms with Crippen molar-refractivity contribution in [1.29, 1.82) is 0 Å². The van der Waals surface area contributed by atoms with E-state index in [4.69, 9.17) is 0 Å². The Balaban J connectivity index is 1.41. The molecule has 1 N–H and O–H groups in total. The van der Waals surface area contributed by atoms with E-state index in [1.54, 1.807) is 18.5 Å². The van der Waals surface area contributed by atoms with Crippen molar-refractivity contribution in [2.45, 2.75) is 44.2 Å². The standard InChI is InChI=1S/C19H29N5O3S/c25-18(15-6-4-11-24(12-15)19-20-7-5-8-21-19)22-16-13-28(26,27)14-17(16)23-9-2-1-3-10-23/h5,7-8,15-17H,1-4,6,9-14H2,(H,22,25). The first-order valence-corrected chi connectivity index (χ1v) is 12.1. The van der Waals surface area contributed by atoms with E-state index < -0.39 is 9.84 Å². The number of aromatic nitrogens is 2. The van der Waals surface area contributed by atoms with E-state index in [-0.39, 0.29) is 35.4 Å². The lowest BCUT2D eigenvalue weighted by Gasteiger charge is -2.36. The first-order chi connectivity index (χ1) is 13.5. The van der Waals surface area contributed by atoms with Gasteiger partial charge in [-0.3, -0.25) is 9.69 Å². The third-order valence-corrected chi connectivity index (χ3v) is 7.85. The Hall–Kier alpha value is -1.74. The monoisotopic (exact) mass is 407 g/mol. The summed E-state index contributed by atoms with van der Waals surface area (Å²) in [5, 5.41) is 3.10. The SMILES string of the molecule is O=C(NC1CS(=O)(=O)CC1N1CCCCC1)C1CCCN(c2ncccn2)C1. The minimum absolute atomic E-state index is 0.0373. The van der Waals surface area contributed by atoms with Crippen molar-refractivity contribution in [2.75, 3.05) is 42.6 Å². The summed E-state index contributed by atoms with van der Waals surface area (Å²) in [4.78, 5) is 25.9. The Morgan fingerprint density at radius 3 is 2.54 bits per heavy atom. The van der Waals surface area contributed by atoms with Gasteiger partial charge in [0.2, 0.25) is 11.9 Å². The van der Waals surface area contributed by atoms with Gasteiger partial charge >= 0.3 is 0 Å². The third kappa shape index (κ3) is 4.46. The average Bonchev–Trinajstić information content (AvgIpc) is 3.03. The fourth-order valence-corrected chi connectivity index (χ4v) is 6.66. The molecule has 1 aromatic rings. The molecule has 3 unspecified atom stereocenters. The Morgan fingerprint density at radius 2 is 1.79 bits per heavy atom. The van der Waals surface area contributed by atoms with Crippen LogP contribution >= 0.6 is 0 Å². The molecule has 1 amide bonds. The Morgan fingerprint density at radius 1 is 1.04 bits per heavy atom. The van der Waals surface area contributed by atoms with Crippen LogP contribution in [-0.2, 0) is 14.6 Å². The third-order valence-electron chi connectivity index (χ3n) is 6.14. The maximum atomic E-state index is 13.0. The lowest BCUT2D eigenvalue weighted by atomic mass is 9.96. The molecule has 4 heterocycles. The lowest BCUT2D eigenvalue weighted by molar-refractivity contribution is -0.126. The minimum atomic E-state index is -3.11. The largest absolute Gasteiger partial charge is 0.350 e. The Kier molecular flexibility index (Phi) is 5.82. The predicted octanol–water partition coefficient (Wildman–Crippen LogP) is 0.461. The molecule has 0 spiro atoms. The molecule has 154 valence electrons. The molecule has 8 nitrogen and oxygen atoms in total. The average molecular weight is 408 g/mol. The fraction of sp³-hybridized carbons (Fsp3) is 0.737. The van der Waals surface area contributed by atoms with Gasteiger partial charge in [0.15, 0.2) is 9.84 Å². The molecule has 3 aliphatic rings. The van der Waals surface area contributed by atoms with E-state index in [0.29, 0.717) is 12.5 Å². The highest BCUT2D eigenvalue weighted by Gasteiger charge is 2.42. The number of hydrogen-bond donors (Lipinski definition) is 1. The van der Waals surface area contributed by atoms with Gasteiger partial charge in [-0.15, -0.1) is 0 Å². The number of nitrogens with zero attached hydrogens (tertiary/aromatic N) is 4. The normalized spacial score (nSPS) is 30.9. The number of piperidine rings is 2. The van der Waals surface area contributed by atoms with Crippen LogP contribution in [0.2, 0.25) is 0 Å². The smallest absolute Gasteiger partial charge is 0.225 e. The molecule has 3 fully saturated rings. The van der Waals surface area contributed by atoms with Crippen LogP contribution in [0.15, 0.2) is 18.5 Å². The molecule has 4 rings (SSSR count). The van der Waals surface area contributed by atoms with Crippen molar-refractivity contribution >= 4 is 21.7 Å². The van der Waals surface area contributed by atoms with Crippen molar-refractivity contribution in [1.82, 2.24) is 20.2 Å². The van der Waals surface area contributed by atoms with Gasteiger partial charge in [0, 0.05) is 31.5 Å². The van der Waals surface area contributed by atoms with E-state index in [1.165, 1.54) is 6.42 Å². The zero-order valence-electron chi connectivity index (χ0n) is 16.2. The van der Waals surface area contributed by atoms with Crippen molar-refractivity contribution in [2.24, 2.45) is 5.92 Å². The van der Waals surface area contributed by atoms with Crippen LogP contribution in [0.5, 0.6) is 0 Å². The molecule has 28 heavy (non-hydrogen) atoms. The van der Waals surface area contributed by atoms with Crippen molar-refractivity contribution < 1.29 is 13.2 Å². The van der Waals surface area contributed by atoms with E-state index in [1.807, 2.05) is 4.90 Å². The van der Waals surface area contributed by atoms with Crippen molar-refractivity contribution in [3.63, 3.8) is 0 Å². The molecule has 3 saturated heterocycles. The Bertz CT molecular complexity index is 782. The summed E-state index contributed by atoms with van der Waals surface area (Å²) in [6, 6.07) is 1.38. The lowest BCUT2D eigenvalue weighted by Crippen LogP contribution is -2.54. The van der Waals surface area contributed by atoms with Gasteiger partial charge in [-0.2, -0.15) is 0 Å². The highest BCUT2D eigenvalue weighted by molar-refractivity contribution is 7.91. The maximum absolute atomic E-state index is 13.0. The zero-order chi connectivity index (χ0) is 19.6. The molecule has 0 saturated carbocycles. The van der Waals surface area contributed by atoms with E-state index in [9.17, 15) is 13.2 Å². The number of likely N-dealkylation sites (tertiary alicyclic amines) is 1. The van der Waals surface area contributed by atoms with Crippen LogP contribution < -0.4 is 10.2 Å². The predicted molar refractivity (Wildman–Crippen MR) is 107 cm³/mol. The molecule has 0 aromatic carbocycles. The van der Waals surface area contributed by atoms with Crippen molar-refractivity contribution in [3.8, 4) is 0 Å². The molecular formula is C19H29N5O3S. The number of amides is 1. The topological polar surface area (TPSA) is 95.5 Å². The summed E-state index contributed by atoms with van der Waals surface area (Å²) in [5.74, 6) is 0.660. The second-order valence-electron chi connectivity index (χ2n) is 8.19. The van der Waals surface area contributed by atoms with Crippen LogP contribution in [-0.4, -0.2) is 79.0 Å². The second kappa shape index (κ2) is 8.32. The minimum Gasteiger partial charge on any atom is -0.350 e. The van der Waals surface area contributed by atoms with E-state index in [0.717, 1.165) is 45.3 Å². The summed E-state index contributed by atoms with van der Waals surface area (Å²) in [5.41, 5.74) is 0. The van der Waals surface area contributed by atoms with Crippen LogP contribution in [0.3, 0.4) is 0 Å². The number of sulfone groups is 1. The molecule has 3 atom stereocenters. The highest BCUT2D eigenvalue weighted by Crippen LogP contribution is 2.24. The Labute approximate surface area is 166 Å². The second-order valence-corrected chi connectivity index (χ2v) is 10.3. The molecular weight excluding hydrogens is 378 g/mol. The van der Waals surface area contributed by atoms with E-state index >= 15 is 0 Å². The van der Waals surface area contributed by atoms with Crippen LogP contribution in [0.4, 0.5) is 5.95 Å². The summed E-state index contributed by atoms with van der Waals surface area (Å²) in [6.07, 6.45) is 8.53. The van der Waals surface area contributed by atoms with Gasteiger partial charge in [0.25, 0.3) is 0 Å². The number of carbonyl (C=O) groups is 1. The van der Waals surface area contributed by atoms with Crippen LogP contribution in [0.1, 0.15) is 32.1 Å². The number of nitrogens with one attached hydrogen (secondary N) is 1.